The van der Waals surface area contributed by atoms with Crippen LogP contribution in [0.15, 0.2) is 42.5 Å². The van der Waals surface area contributed by atoms with Crippen LogP contribution in [0, 0.1) is 0 Å². The molecule has 1 aliphatic heterocycles. The minimum absolute atomic E-state index is 0.0315. The summed E-state index contributed by atoms with van der Waals surface area (Å²) < 4.78 is 16.5. The van der Waals surface area contributed by atoms with Crippen molar-refractivity contribution in [2.24, 2.45) is 0 Å². The summed E-state index contributed by atoms with van der Waals surface area (Å²) in [6.45, 7) is 2.61. The van der Waals surface area contributed by atoms with Gasteiger partial charge in [-0.2, -0.15) is 0 Å². The summed E-state index contributed by atoms with van der Waals surface area (Å²) in [6.07, 6.45) is 3.32. The second-order valence-electron chi connectivity index (χ2n) is 6.17. The number of carbonyl (C=O) groups is 1. The third-order valence-electron chi connectivity index (χ3n) is 4.36. The first-order valence-electron chi connectivity index (χ1n) is 8.87. The Morgan fingerprint density at radius 1 is 1.14 bits per heavy atom. The largest absolute Gasteiger partial charge is 0.493 e. The summed E-state index contributed by atoms with van der Waals surface area (Å²) in [5.41, 5.74) is 1.55. The molecule has 1 amide bonds. The van der Waals surface area contributed by atoms with E-state index >= 15 is 0 Å². The van der Waals surface area contributed by atoms with Gasteiger partial charge in [-0.1, -0.05) is 35.3 Å². The fourth-order valence-electron chi connectivity index (χ4n) is 2.78. The van der Waals surface area contributed by atoms with E-state index in [1.54, 1.807) is 48.4 Å². The van der Waals surface area contributed by atoms with Gasteiger partial charge >= 0.3 is 0 Å². The lowest BCUT2D eigenvalue weighted by atomic mass is 10.1. The molecule has 0 N–H and O–H groups in total. The number of benzene rings is 2. The van der Waals surface area contributed by atoms with Crippen molar-refractivity contribution in [3.8, 4) is 11.5 Å². The number of hydrogen-bond acceptors (Lipinski definition) is 4. The predicted molar refractivity (Wildman–Crippen MR) is 110 cm³/mol. The van der Waals surface area contributed by atoms with Gasteiger partial charge in [0.15, 0.2) is 11.5 Å². The number of halogens is 2. The van der Waals surface area contributed by atoms with E-state index in [2.05, 4.69) is 0 Å². The van der Waals surface area contributed by atoms with Gasteiger partial charge in [-0.3, -0.25) is 4.79 Å². The van der Waals surface area contributed by atoms with Crippen molar-refractivity contribution in [2.45, 2.75) is 6.61 Å². The number of hydrogen-bond donors (Lipinski definition) is 0. The number of ether oxygens (including phenoxy) is 3. The van der Waals surface area contributed by atoms with Crippen LogP contribution in [0.2, 0.25) is 10.0 Å². The monoisotopic (exact) mass is 421 g/mol. The van der Waals surface area contributed by atoms with Gasteiger partial charge in [-0.25, -0.2) is 0 Å². The molecule has 0 saturated carbocycles. The number of nitrogens with zero attached hydrogens (tertiary/aromatic N) is 1. The number of carbonyl (C=O) groups excluding carboxylic acids is 1. The lowest BCUT2D eigenvalue weighted by Gasteiger charge is -2.25. The van der Waals surface area contributed by atoms with Gasteiger partial charge in [-0.15, -0.1) is 0 Å². The molecule has 0 atom stereocenters. The van der Waals surface area contributed by atoms with Crippen LogP contribution in [0.4, 0.5) is 0 Å². The zero-order valence-electron chi connectivity index (χ0n) is 15.5. The molecule has 148 valence electrons. The Bertz CT molecular complexity index is 843. The van der Waals surface area contributed by atoms with E-state index in [0.717, 1.165) is 5.56 Å². The molecule has 1 heterocycles. The van der Waals surface area contributed by atoms with E-state index in [9.17, 15) is 4.79 Å². The second-order valence-corrected chi connectivity index (χ2v) is 6.98. The minimum Gasteiger partial charge on any atom is -0.493 e. The van der Waals surface area contributed by atoms with Gasteiger partial charge in [0.25, 0.3) is 0 Å². The maximum atomic E-state index is 12.2. The first-order valence-corrected chi connectivity index (χ1v) is 9.62. The first-order chi connectivity index (χ1) is 13.6. The van der Waals surface area contributed by atoms with E-state index < -0.39 is 0 Å². The molecule has 2 aromatic rings. The van der Waals surface area contributed by atoms with Crippen molar-refractivity contribution < 1.29 is 19.0 Å². The van der Waals surface area contributed by atoms with Gasteiger partial charge in [0.05, 0.1) is 20.3 Å². The van der Waals surface area contributed by atoms with Crippen LogP contribution in [0.5, 0.6) is 11.5 Å². The summed E-state index contributed by atoms with van der Waals surface area (Å²) in [5, 5.41) is 1.10. The molecule has 3 rings (SSSR count). The van der Waals surface area contributed by atoms with Gasteiger partial charge < -0.3 is 19.1 Å². The Labute approximate surface area is 174 Å². The topological polar surface area (TPSA) is 48.0 Å². The molecule has 0 bridgehead atoms. The highest BCUT2D eigenvalue weighted by atomic mass is 35.5. The maximum absolute atomic E-state index is 12.2. The zero-order chi connectivity index (χ0) is 19.9. The molecule has 0 aromatic heterocycles. The highest BCUT2D eigenvalue weighted by Crippen LogP contribution is 2.31. The molecule has 7 heteroatoms. The summed E-state index contributed by atoms with van der Waals surface area (Å²) in [5.74, 6) is 1.09. The van der Waals surface area contributed by atoms with E-state index in [0.29, 0.717) is 53.4 Å². The van der Waals surface area contributed by atoms with Crippen LogP contribution >= 0.6 is 23.2 Å². The number of morpholine rings is 1. The average Bonchev–Trinajstić information content (AvgIpc) is 2.72. The maximum Gasteiger partial charge on any atom is 0.246 e. The molecular weight excluding hydrogens is 401 g/mol. The molecule has 2 aromatic carbocycles. The zero-order valence-corrected chi connectivity index (χ0v) is 17.0. The summed E-state index contributed by atoms with van der Waals surface area (Å²) >= 11 is 12.4. The van der Waals surface area contributed by atoms with Crippen LogP contribution in [-0.4, -0.2) is 44.2 Å². The normalized spacial score (nSPS) is 14.3. The third-order valence-corrected chi connectivity index (χ3v) is 5.07. The van der Waals surface area contributed by atoms with E-state index in [1.807, 2.05) is 12.1 Å². The lowest BCUT2D eigenvalue weighted by molar-refractivity contribution is -0.129. The second kappa shape index (κ2) is 9.82. The van der Waals surface area contributed by atoms with E-state index in [4.69, 9.17) is 37.4 Å². The van der Waals surface area contributed by atoms with Crippen LogP contribution in [0.1, 0.15) is 11.1 Å². The quantitative estimate of drug-likeness (QED) is 0.646. The lowest BCUT2D eigenvalue weighted by Crippen LogP contribution is -2.39. The molecule has 28 heavy (non-hydrogen) atoms. The van der Waals surface area contributed by atoms with E-state index in [-0.39, 0.29) is 12.5 Å². The van der Waals surface area contributed by atoms with E-state index in [1.165, 1.54) is 0 Å². The van der Waals surface area contributed by atoms with Gasteiger partial charge in [0.1, 0.15) is 6.61 Å². The smallest absolute Gasteiger partial charge is 0.246 e. The third kappa shape index (κ3) is 5.19. The van der Waals surface area contributed by atoms with Crippen molar-refractivity contribution in [3.63, 3.8) is 0 Å². The highest BCUT2D eigenvalue weighted by molar-refractivity contribution is 6.35. The Morgan fingerprint density at radius 2 is 1.86 bits per heavy atom. The highest BCUT2D eigenvalue weighted by Gasteiger charge is 2.14. The molecule has 5 nitrogen and oxygen atoms in total. The van der Waals surface area contributed by atoms with Crippen LogP contribution in [0.3, 0.4) is 0 Å². The van der Waals surface area contributed by atoms with Crippen molar-refractivity contribution >= 4 is 35.2 Å². The van der Waals surface area contributed by atoms with Gasteiger partial charge in [0, 0.05) is 34.8 Å². The molecule has 1 saturated heterocycles. The van der Waals surface area contributed by atoms with Gasteiger partial charge in [0.2, 0.25) is 5.91 Å². The Balaban J connectivity index is 1.68. The molecule has 0 radical (unpaired) electrons. The van der Waals surface area contributed by atoms with Crippen LogP contribution < -0.4 is 9.47 Å². The standard InChI is InChI=1S/C21H21Cl2NO4/c1-26-20-13-15(6-8-21(25)24-9-11-27-12-10-24)5-7-19(20)28-14-16-17(22)3-2-4-18(16)23/h2-8,13H,9-12,14H2,1H3/b8-6+. The predicted octanol–water partition coefficient (Wildman–Crippen LogP) is 4.45. The molecule has 0 spiro atoms. The molecule has 1 fully saturated rings. The Hall–Kier alpha value is -2.21. The summed E-state index contributed by atoms with van der Waals surface area (Å²) in [6, 6.07) is 10.8. The number of methoxy groups -OCH3 is 1. The van der Waals surface area contributed by atoms with Crippen LogP contribution in [-0.2, 0) is 16.1 Å². The Morgan fingerprint density at radius 3 is 2.54 bits per heavy atom. The SMILES string of the molecule is COc1cc(/C=C/C(=O)N2CCOCC2)ccc1OCc1c(Cl)cccc1Cl. The van der Waals surface area contributed by atoms with Crippen molar-refractivity contribution in [2.75, 3.05) is 33.4 Å². The van der Waals surface area contributed by atoms with Crippen LogP contribution in [0.25, 0.3) is 6.08 Å². The average molecular weight is 422 g/mol. The molecule has 0 aliphatic carbocycles. The molecule has 1 aliphatic rings. The molecule has 0 unspecified atom stereocenters. The fourth-order valence-corrected chi connectivity index (χ4v) is 3.29. The minimum atomic E-state index is -0.0315. The number of rotatable bonds is 6. The molecular formula is C21H21Cl2NO4. The number of amides is 1. The summed E-state index contributed by atoms with van der Waals surface area (Å²) in [7, 11) is 1.57. The van der Waals surface area contributed by atoms with Gasteiger partial charge in [-0.05, 0) is 35.9 Å². The Kier molecular flexibility index (Phi) is 7.20. The summed E-state index contributed by atoms with van der Waals surface area (Å²) in [4.78, 5) is 14.0. The van der Waals surface area contributed by atoms with Crippen molar-refractivity contribution in [3.05, 3.63) is 63.6 Å². The first kappa shape index (κ1) is 20.5. The fraction of sp³-hybridized carbons (Fsp3) is 0.286. The van der Waals surface area contributed by atoms with Crippen molar-refractivity contribution in [1.29, 1.82) is 0 Å². The van der Waals surface area contributed by atoms with Crippen molar-refractivity contribution in [1.82, 2.24) is 4.90 Å².